The molecule has 0 bridgehead atoms. The number of nitriles is 1. The van der Waals surface area contributed by atoms with Gasteiger partial charge in [0, 0.05) is 46.9 Å². The summed E-state index contributed by atoms with van der Waals surface area (Å²) in [6.45, 7) is 7.72. The van der Waals surface area contributed by atoms with Crippen molar-refractivity contribution < 1.29 is 14.3 Å². The molecule has 192 valence electrons. The Morgan fingerprint density at radius 3 is 2.82 bits per heavy atom. The summed E-state index contributed by atoms with van der Waals surface area (Å²) in [6.07, 6.45) is 7.20. The zero-order valence-electron chi connectivity index (χ0n) is 21.6. The highest BCUT2D eigenvalue weighted by Crippen LogP contribution is 2.31. The van der Waals surface area contributed by atoms with Crippen LogP contribution >= 0.6 is 0 Å². The molecule has 38 heavy (non-hydrogen) atoms. The van der Waals surface area contributed by atoms with E-state index in [9.17, 15) is 10.1 Å². The third-order valence-electron chi connectivity index (χ3n) is 6.70. The third kappa shape index (κ3) is 5.29. The first-order valence-electron chi connectivity index (χ1n) is 12.5. The van der Waals surface area contributed by atoms with Gasteiger partial charge in [0.1, 0.15) is 5.75 Å². The molecule has 1 aliphatic rings. The summed E-state index contributed by atoms with van der Waals surface area (Å²) in [7, 11) is 0. The van der Waals surface area contributed by atoms with Crippen LogP contribution in [0.4, 0.5) is 5.69 Å². The van der Waals surface area contributed by atoms with Crippen LogP contribution in [0.2, 0.25) is 0 Å². The number of carbonyl (C=O) groups is 1. The molecular weight excluding hydrogens is 478 g/mol. The van der Waals surface area contributed by atoms with Crippen molar-refractivity contribution in [3.63, 3.8) is 0 Å². The predicted molar refractivity (Wildman–Crippen MR) is 144 cm³/mol. The SMILES string of the molecule is Cc1ccc(NC(=O)c2cccc(C(C)(C)C#N)c2)cc1-n1cc(-c2cnccc2OCC2COC2)cn1. The van der Waals surface area contributed by atoms with E-state index in [1.807, 2.05) is 57.3 Å². The smallest absolute Gasteiger partial charge is 0.255 e. The molecule has 3 heterocycles. The summed E-state index contributed by atoms with van der Waals surface area (Å²) in [5.41, 5.74) is 4.83. The molecule has 1 fully saturated rings. The van der Waals surface area contributed by atoms with Crippen LogP contribution in [0.3, 0.4) is 0 Å². The van der Waals surface area contributed by atoms with Gasteiger partial charge < -0.3 is 14.8 Å². The van der Waals surface area contributed by atoms with Crippen LogP contribution in [0.25, 0.3) is 16.8 Å². The van der Waals surface area contributed by atoms with E-state index >= 15 is 0 Å². The molecular formula is C30H29N5O3. The number of carbonyl (C=O) groups excluding carboxylic acids is 1. The van der Waals surface area contributed by atoms with Crippen LogP contribution in [0.15, 0.2) is 73.3 Å². The van der Waals surface area contributed by atoms with Gasteiger partial charge in [-0.3, -0.25) is 9.78 Å². The number of amides is 1. The number of nitrogens with one attached hydrogen (secondary N) is 1. The van der Waals surface area contributed by atoms with Crippen LogP contribution in [0, 0.1) is 24.2 Å². The molecule has 2 aromatic heterocycles. The van der Waals surface area contributed by atoms with E-state index in [0.717, 1.165) is 46.9 Å². The standard InChI is InChI=1S/C30H29N5O3/c1-20-7-8-25(34-29(36)22-5-4-6-24(11-22)30(2,3)19-31)12-27(20)35-15-23(13-33-35)26-14-32-10-9-28(26)38-18-21-16-37-17-21/h4-15,21H,16-18H2,1-3H3,(H,34,36). The number of hydrogen-bond donors (Lipinski definition) is 1. The van der Waals surface area contributed by atoms with E-state index in [0.29, 0.717) is 23.8 Å². The van der Waals surface area contributed by atoms with Gasteiger partial charge in [-0.05, 0) is 62.2 Å². The number of benzene rings is 2. The van der Waals surface area contributed by atoms with E-state index in [1.54, 1.807) is 41.5 Å². The Morgan fingerprint density at radius 1 is 1.21 bits per heavy atom. The number of ether oxygens (including phenoxy) is 2. The van der Waals surface area contributed by atoms with Gasteiger partial charge in [-0.2, -0.15) is 10.4 Å². The summed E-state index contributed by atoms with van der Waals surface area (Å²) >= 11 is 0. The number of rotatable bonds is 8. The zero-order valence-corrected chi connectivity index (χ0v) is 21.6. The lowest BCUT2D eigenvalue weighted by Crippen LogP contribution is -2.32. The van der Waals surface area contributed by atoms with Crippen molar-refractivity contribution in [2.45, 2.75) is 26.2 Å². The quantitative estimate of drug-likeness (QED) is 0.346. The van der Waals surface area contributed by atoms with E-state index in [-0.39, 0.29) is 5.91 Å². The number of anilines is 1. The highest BCUT2D eigenvalue weighted by molar-refractivity contribution is 6.04. The van der Waals surface area contributed by atoms with Crippen LogP contribution in [0.1, 0.15) is 35.3 Å². The van der Waals surface area contributed by atoms with E-state index in [2.05, 4.69) is 21.5 Å². The van der Waals surface area contributed by atoms with Crippen molar-refractivity contribution in [2.24, 2.45) is 5.92 Å². The Bertz CT molecular complexity index is 1510. The Kier molecular flexibility index (Phi) is 6.95. The zero-order chi connectivity index (χ0) is 26.7. The molecule has 0 spiro atoms. The topological polar surface area (TPSA) is 102 Å². The maximum Gasteiger partial charge on any atom is 0.255 e. The highest BCUT2D eigenvalue weighted by Gasteiger charge is 2.22. The third-order valence-corrected chi connectivity index (χ3v) is 6.70. The van der Waals surface area contributed by atoms with Crippen molar-refractivity contribution in [1.29, 1.82) is 5.26 Å². The van der Waals surface area contributed by atoms with Crippen LogP contribution < -0.4 is 10.1 Å². The summed E-state index contributed by atoms with van der Waals surface area (Å²) in [5, 5.41) is 17.0. The monoisotopic (exact) mass is 507 g/mol. The second kappa shape index (κ2) is 10.5. The molecule has 0 aliphatic carbocycles. The van der Waals surface area contributed by atoms with E-state index in [4.69, 9.17) is 9.47 Å². The van der Waals surface area contributed by atoms with Gasteiger partial charge >= 0.3 is 0 Å². The van der Waals surface area contributed by atoms with Crippen molar-refractivity contribution in [1.82, 2.24) is 14.8 Å². The molecule has 8 nitrogen and oxygen atoms in total. The largest absolute Gasteiger partial charge is 0.492 e. The maximum atomic E-state index is 13.0. The van der Waals surface area contributed by atoms with Gasteiger partial charge in [0.15, 0.2) is 0 Å². The minimum atomic E-state index is -0.685. The maximum absolute atomic E-state index is 13.0. The molecule has 1 aliphatic heterocycles. The summed E-state index contributed by atoms with van der Waals surface area (Å²) in [4.78, 5) is 17.3. The lowest BCUT2D eigenvalue weighted by Gasteiger charge is -2.26. The molecule has 0 unspecified atom stereocenters. The Balaban J connectivity index is 1.36. The molecule has 2 aromatic carbocycles. The predicted octanol–water partition coefficient (Wildman–Crippen LogP) is 5.32. The lowest BCUT2D eigenvalue weighted by molar-refractivity contribution is -0.0507. The molecule has 1 saturated heterocycles. The molecule has 0 atom stereocenters. The first-order valence-corrected chi connectivity index (χ1v) is 12.5. The van der Waals surface area contributed by atoms with Crippen molar-refractivity contribution in [3.05, 3.63) is 90.0 Å². The summed E-state index contributed by atoms with van der Waals surface area (Å²) in [5.74, 6) is 0.927. The lowest BCUT2D eigenvalue weighted by atomic mass is 9.85. The fourth-order valence-corrected chi connectivity index (χ4v) is 4.16. The molecule has 8 heteroatoms. The average Bonchev–Trinajstić information content (AvgIpc) is 3.39. The first kappa shape index (κ1) is 25.2. The van der Waals surface area contributed by atoms with Crippen LogP contribution in [0.5, 0.6) is 5.75 Å². The molecule has 1 amide bonds. The minimum absolute atomic E-state index is 0.245. The van der Waals surface area contributed by atoms with Crippen LogP contribution in [-0.4, -0.2) is 40.5 Å². The number of pyridine rings is 1. The van der Waals surface area contributed by atoms with Gasteiger partial charge in [0.25, 0.3) is 5.91 Å². The second-order valence-corrected chi connectivity index (χ2v) is 10.0. The first-order chi connectivity index (χ1) is 18.3. The molecule has 1 N–H and O–H groups in total. The molecule has 4 aromatic rings. The van der Waals surface area contributed by atoms with E-state index in [1.165, 1.54) is 0 Å². The number of aryl methyl sites for hydroxylation is 1. The number of nitrogens with zero attached hydrogens (tertiary/aromatic N) is 4. The summed E-state index contributed by atoms with van der Waals surface area (Å²) in [6, 6.07) is 17.0. The Labute approximate surface area is 221 Å². The van der Waals surface area contributed by atoms with Crippen LogP contribution in [-0.2, 0) is 10.2 Å². The fourth-order valence-electron chi connectivity index (χ4n) is 4.16. The fraction of sp³-hybridized carbons (Fsp3) is 0.267. The van der Waals surface area contributed by atoms with Crippen molar-refractivity contribution in [2.75, 3.05) is 25.1 Å². The van der Waals surface area contributed by atoms with Gasteiger partial charge in [-0.1, -0.05) is 18.2 Å². The Hall–Kier alpha value is -4.48. The number of aromatic nitrogens is 3. The second-order valence-electron chi connectivity index (χ2n) is 10.0. The van der Waals surface area contributed by atoms with Gasteiger partial charge in [0.05, 0.1) is 43.2 Å². The number of hydrogen-bond acceptors (Lipinski definition) is 6. The molecule has 0 radical (unpaired) electrons. The molecule has 5 rings (SSSR count). The highest BCUT2D eigenvalue weighted by atomic mass is 16.5. The van der Waals surface area contributed by atoms with Gasteiger partial charge in [0.2, 0.25) is 0 Å². The van der Waals surface area contributed by atoms with Gasteiger partial charge in [-0.15, -0.1) is 0 Å². The normalized spacial score (nSPS) is 13.4. The summed E-state index contributed by atoms with van der Waals surface area (Å²) < 4.78 is 13.1. The Morgan fingerprint density at radius 2 is 2.05 bits per heavy atom. The minimum Gasteiger partial charge on any atom is -0.492 e. The van der Waals surface area contributed by atoms with Gasteiger partial charge in [-0.25, -0.2) is 4.68 Å². The van der Waals surface area contributed by atoms with E-state index < -0.39 is 5.41 Å². The average molecular weight is 508 g/mol. The molecule has 0 saturated carbocycles. The van der Waals surface area contributed by atoms with Crippen molar-refractivity contribution >= 4 is 11.6 Å². The van der Waals surface area contributed by atoms with Crippen molar-refractivity contribution in [3.8, 4) is 28.6 Å².